The summed E-state index contributed by atoms with van der Waals surface area (Å²) in [6.07, 6.45) is -5.31. The zero-order valence-corrected chi connectivity index (χ0v) is 15.3. The summed E-state index contributed by atoms with van der Waals surface area (Å²) in [6, 6.07) is 8.73. The molecule has 0 aliphatic rings. The van der Waals surface area contributed by atoms with Crippen LogP contribution in [0.4, 0.5) is 24.5 Å². The summed E-state index contributed by atoms with van der Waals surface area (Å²) in [5, 5.41) is 12.8. The second kappa shape index (κ2) is 9.63. The number of ether oxygens (including phenoxy) is 1. The van der Waals surface area contributed by atoms with Crippen LogP contribution in [0, 0.1) is 10.1 Å². The van der Waals surface area contributed by atoms with Crippen LogP contribution >= 0.6 is 0 Å². The van der Waals surface area contributed by atoms with Gasteiger partial charge in [0.25, 0.3) is 5.69 Å². The molecule has 0 spiro atoms. The Bertz CT molecular complexity index is 957. The van der Waals surface area contributed by atoms with Crippen molar-refractivity contribution in [1.82, 2.24) is 0 Å². The van der Waals surface area contributed by atoms with E-state index in [1.54, 1.807) is 0 Å². The van der Waals surface area contributed by atoms with Gasteiger partial charge in [0, 0.05) is 29.8 Å². The molecule has 0 heterocycles. The summed E-state index contributed by atoms with van der Waals surface area (Å²) in [5.74, 6) is -2.15. The standard InChI is InChI=1S/C19H15F3N2O6/c20-19(21,22)13-2-1-3-14(10-13)23-17(26)8-9-18(27)30-11-16(25)12-4-6-15(7-5-12)24(28)29/h1-7,10H,8-9,11H2,(H,23,26). The largest absolute Gasteiger partial charge is 0.457 e. The van der Waals surface area contributed by atoms with E-state index >= 15 is 0 Å². The van der Waals surface area contributed by atoms with Crippen LogP contribution in [-0.4, -0.2) is 29.2 Å². The lowest BCUT2D eigenvalue weighted by atomic mass is 10.1. The van der Waals surface area contributed by atoms with Crippen LogP contribution in [0.15, 0.2) is 48.5 Å². The van der Waals surface area contributed by atoms with Gasteiger partial charge in [-0.15, -0.1) is 0 Å². The number of halogens is 3. The van der Waals surface area contributed by atoms with Gasteiger partial charge in [0.05, 0.1) is 16.9 Å². The lowest BCUT2D eigenvalue weighted by molar-refractivity contribution is -0.384. The molecule has 0 radical (unpaired) electrons. The summed E-state index contributed by atoms with van der Waals surface area (Å²) in [4.78, 5) is 45.3. The molecule has 158 valence electrons. The Morgan fingerprint density at radius 3 is 2.30 bits per heavy atom. The topological polar surface area (TPSA) is 116 Å². The fourth-order valence-electron chi connectivity index (χ4n) is 2.28. The molecule has 0 aliphatic heterocycles. The minimum absolute atomic E-state index is 0.0726. The number of benzene rings is 2. The Morgan fingerprint density at radius 1 is 1.03 bits per heavy atom. The van der Waals surface area contributed by atoms with Crippen molar-refractivity contribution in [3.05, 3.63) is 69.8 Å². The highest BCUT2D eigenvalue weighted by atomic mass is 19.4. The van der Waals surface area contributed by atoms with Crippen molar-refractivity contribution in [1.29, 1.82) is 0 Å². The molecule has 1 N–H and O–H groups in total. The first-order valence-corrected chi connectivity index (χ1v) is 8.46. The van der Waals surface area contributed by atoms with Crippen LogP contribution in [0.25, 0.3) is 0 Å². The lowest BCUT2D eigenvalue weighted by Gasteiger charge is -2.10. The summed E-state index contributed by atoms with van der Waals surface area (Å²) < 4.78 is 42.7. The number of carbonyl (C=O) groups excluding carboxylic acids is 3. The summed E-state index contributed by atoms with van der Waals surface area (Å²) in [5.41, 5.74) is -1.09. The molecule has 0 saturated carbocycles. The number of Topliss-reactive ketones (excluding diaryl/α,β-unsaturated/α-hetero) is 1. The highest BCUT2D eigenvalue weighted by Crippen LogP contribution is 2.30. The Balaban J connectivity index is 1.78. The van der Waals surface area contributed by atoms with Crippen molar-refractivity contribution in [3.8, 4) is 0 Å². The van der Waals surface area contributed by atoms with Gasteiger partial charge in [0.15, 0.2) is 12.4 Å². The average molecular weight is 424 g/mol. The third-order valence-electron chi connectivity index (χ3n) is 3.79. The predicted octanol–water partition coefficient (Wildman–Crippen LogP) is 3.76. The van der Waals surface area contributed by atoms with E-state index < -0.39 is 47.4 Å². The maximum Gasteiger partial charge on any atom is 0.416 e. The fourth-order valence-corrected chi connectivity index (χ4v) is 2.28. The predicted molar refractivity (Wildman–Crippen MR) is 97.7 cm³/mol. The number of nitro groups is 1. The first-order valence-electron chi connectivity index (χ1n) is 8.46. The molecule has 2 aromatic rings. The number of amides is 1. The lowest BCUT2D eigenvalue weighted by Crippen LogP contribution is -2.17. The maximum atomic E-state index is 12.7. The van der Waals surface area contributed by atoms with Gasteiger partial charge in [0.1, 0.15) is 0 Å². The van der Waals surface area contributed by atoms with E-state index in [1.807, 2.05) is 0 Å². The quantitative estimate of drug-likeness (QED) is 0.299. The summed E-state index contributed by atoms with van der Waals surface area (Å²) in [6.45, 7) is -0.619. The van der Waals surface area contributed by atoms with Gasteiger partial charge >= 0.3 is 12.1 Å². The van der Waals surface area contributed by atoms with Crippen LogP contribution in [0.1, 0.15) is 28.8 Å². The van der Waals surface area contributed by atoms with Crippen molar-refractivity contribution in [3.63, 3.8) is 0 Å². The van der Waals surface area contributed by atoms with E-state index in [-0.39, 0.29) is 23.4 Å². The molecular weight excluding hydrogens is 409 g/mol. The van der Waals surface area contributed by atoms with Gasteiger partial charge in [0.2, 0.25) is 5.91 Å². The fraction of sp³-hybridized carbons (Fsp3) is 0.211. The van der Waals surface area contributed by atoms with Crippen LogP contribution in [-0.2, 0) is 20.5 Å². The molecular formula is C19H15F3N2O6. The molecule has 0 fully saturated rings. The number of alkyl halides is 3. The molecule has 0 bridgehead atoms. The molecule has 30 heavy (non-hydrogen) atoms. The van der Waals surface area contributed by atoms with E-state index in [0.717, 1.165) is 30.3 Å². The van der Waals surface area contributed by atoms with Gasteiger partial charge in [-0.25, -0.2) is 0 Å². The Labute approximate surface area is 167 Å². The first kappa shape index (κ1) is 22.5. The highest BCUT2D eigenvalue weighted by Gasteiger charge is 2.30. The molecule has 0 unspecified atom stereocenters. The Morgan fingerprint density at radius 2 is 1.70 bits per heavy atom. The maximum absolute atomic E-state index is 12.7. The van der Waals surface area contributed by atoms with E-state index in [1.165, 1.54) is 18.2 Å². The number of carbonyl (C=O) groups is 3. The Kier molecular flexibility index (Phi) is 7.23. The van der Waals surface area contributed by atoms with Crippen molar-refractivity contribution in [2.45, 2.75) is 19.0 Å². The third kappa shape index (κ3) is 6.69. The smallest absolute Gasteiger partial charge is 0.416 e. The van der Waals surface area contributed by atoms with E-state index in [0.29, 0.717) is 0 Å². The van der Waals surface area contributed by atoms with Crippen molar-refractivity contribution < 1.29 is 37.2 Å². The number of esters is 1. The normalized spacial score (nSPS) is 10.9. The highest BCUT2D eigenvalue weighted by molar-refractivity contribution is 5.98. The summed E-state index contributed by atoms with van der Waals surface area (Å²) >= 11 is 0. The van der Waals surface area contributed by atoms with Gasteiger partial charge in [-0.05, 0) is 30.3 Å². The second-order valence-corrected chi connectivity index (χ2v) is 6.01. The molecule has 8 nitrogen and oxygen atoms in total. The van der Waals surface area contributed by atoms with Crippen molar-refractivity contribution in [2.75, 3.05) is 11.9 Å². The van der Waals surface area contributed by atoms with Crippen LogP contribution in [0.5, 0.6) is 0 Å². The number of nitro benzene ring substituents is 1. The SMILES string of the molecule is O=C(CCC(=O)OCC(=O)c1ccc([N+](=O)[O-])cc1)Nc1cccc(C(F)(F)F)c1. The molecule has 1 amide bonds. The number of nitrogens with zero attached hydrogens (tertiary/aromatic N) is 1. The van der Waals surface area contributed by atoms with Gasteiger partial charge < -0.3 is 10.1 Å². The van der Waals surface area contributed by atoms with Crippen LogP contribution < -0.4 is 5.32 Å². The summed E-state index contributed by atoms with van der Waals surface area (Å²) in [7, 11) is 0. The molecule has 2 aromatic carbocycles. The molecule has 11 heteroatoms. The molecule has 0 saturated heterocycles. The van der Waals surface area contributed by atoms with Gasteiger partial charge in [-0.1, -0.05) is 6.07 Å². The number of anilines is 1. The molecule has 2 rings (SSSR count). The molecule has 0 aromatic heterocycles. The molecule has 0 aliphatic carbocycles. The number of nitrogens with one attached hydrogen (secondary N) is 1. The van der Waals surface area contributed by atoms with Crippen LogP contribution in [0.3, 0.4) is 0 Å². The third-order valence-corrected chi connectivity index (χ3v) is 3.79. The minimum atomic E-state index is -4.55. The number of ketones is 1. The number of non-ortho nitro benzene ring substituents is 1. The average Bonchev–Trinajstić information content (AvgIpc) is 2.70. The number of hydrogen-bond acceptors (Lipinski definition) is 6. The van der Waals surface area contributed by atoms with E-state index in [4.69, 9.17) is 4.74 Å². The van der Waals surface area contributed by atoms with Crippen molar-refractivity contribution in [2.24, 2.45) is 0 Å². The molecule has 0 atom stereocenters. The zero-order chi connectivity index (χ0) is 22.3. The number of hydrogen-bond donors (Lipinski definition) is 1. The van der Waals surface area contributed by atoms with E-state index in [2.05, 4.69) is 5.32 Å². The zero-order valence-electron chi connectivity index (χ0n) is 15.3. The Hall–Kier alpha value is -3.76. The van der Waals surface area contributed by atoms with Crippen molar-refractivity contribution >= 4 is 29.0 Å². The first-order chi connectivity index (χ1) is 14.1. The van der Waals surface area contributed by atoms with Gasteiger partial charge in [-0.2, -0.15) is 13.2 Å². The second-order valence-electron chi connectivity index (χ2n) is 6.01. The minimum Gasteiger partial charge on any atom is -0.457 e. The monoisotopic (exact) mass is 424 g/mol. The van der Waals surface area contributed by atoms with Crippen LogP contribution in [0.2, 0.25) is 0 Å². The number of rotatable bonds is 8. The van der Waals surface area contributed by atoms with Gasteiger partial charge in [-0.3, -0.25) is 24.5 Å². The van der Waals surface area contributed by atoms with E-state index in [9.17, 15) is 37.7 Å².